The topological polar surface area (TPSA) is 91.2 Å². The van der Waals surface area contributed by atoms with Gasteiger partial charge in [0.05, 0.1) is 18.9 Å². The molecule has 3 aromatic rings. The lowest BCUT2D eigenvalue weighted by Gasteiger charge is -2.11. The number of benzene rings is 2. The molecule has 8 nitrogen and oxygen atoms in total. The van der Waals surface area contributed by atoms with E-state index in [4.69, 9.17) is 9.47 Å². The highest BCUT2D eigenvalue weighted by molar-refractivity contribution is 5.90. The number of nitrogens with one attached hydrogen (secondary N) is 1. The van der Waals surface area contributed by atoms with Crippen molar-refractivity contribution in [2.24, 2.45) is 0 Å². The van der Waals surface area contributed by atoms with Crippen LogP contribution in [-0.2, 0) is 4.79 Å². The Bertz CT molecular complexity index is 850. The number of nitrogens with zero attached hydrogens (tertiary/aromatic N) is 4. The van der Waals surface area contributed by atoms with E-state index in [9.17, 15) is 4.79 Å². The van der Waals surface area contributed by atoms with Crippen LogP contribution in [0.3, 0.4) is 0 Å². The Hall–Kier alpha value is -3.42. The average Bonchev–Trinajstić information content (AvgIpc) is 3.22. The van der Waals surface area contributed by atoms with Crippen molar-refractivity contribution in [3.05, 3.63) is 54.9 Å². The summed E-state index contributed by atoms with van der Waals surface area (Å²) in [5, 5.41) is 13.9. The minimum atomic E-state index is -0.0631. The van der Waals surface area contributed by atoms with Crippen molar-refractivity contribution in [3.63, 3.8) is 0 Å². The van der Waals surface area contributed by atoms with Crippen LogP contribution in [0, 0.1) is 0 Å². The molecule has 0 aliphatic heterocycles. The Kier molecular flexibility index (Phi) is 6.35. The summed E-state index contributed by atoms with van der Waals surface area (Å²) in [6, 6.07) is 14.8. The number of carbonyl (C=O) groups excluding carboxylic acids is 1. The number of tetrazole rings is 1. The molecule has 0 atom stereocenters. The second kappa shape index (κ2) is 9.33. The molecule has 0 bridgehead atoms. The largest absolute Gasteiger partial charge is 0.490 e. The van der Waals surface area contributed by atoms with E-state index in [1.165, 1.54) is 6.33 Å². The van der Waals surface area contributed by atoms with E-state index in [1.807, 2.05) is 55.5 Å². The third-order valence-electron chi connectivity index (χ3n) is 3.72. The van der Waals surface area contributed by atoms with Gasteiger partial charge in [0, 0.05) is 12.1 Å². The molecule has 1 amide bonds. The molecular weight excluding hydrogens is 346 g/mol. The fourth-order valence-electron chi connectivity index (χ4n) is 2.46. The third kappa shape index (κ3) is 5.27. The fraction of sp³-hybridized carbons (Fsp3) is 0.263. The molecule has 0 aliphatic carbocycles. The van der Waals surface area contributed by atoms with Crippen LogP contribution in [0.2, 0.25) is 0 Å². The zero-order valence-electron chi connectivity index (χ0n) is 15.0. The van der Waals surface area contributed by atoms with Crippen molar-refractivity contribution in [1.29, 1.82) is 0 Å². The molecule has 0 saturated heterocycles. The quantitative estimate of drug-likeness (QED) is 0.585. The molecule has 0 radical (unpaired) electrons. The first kappa shape index (κ1) is 18.4. The summed E-state index contributed by atoms with van der Waals surface area (Å²) >= 11 is 0. The maximum absolute atomic E-state index is 12.1. The molecule has 0 spiro atoms. The maximum Gasteiger partial charge on any atom is 0.224 e. The van der Waals surface area contributed by atoms with Crippen LogP contribution in [-0.4, -0.2) is 39.3 Å². The number of carbonyl (C=O) groups is 1. The zero-order valence-corrected chi connectivity index (χ0v) is 15.0. The molecule has 3 rings (SSSR count). The van der Waals surface area contributed by atoms with E-state index in [0.717, 1.165) is 11.4 Å². The summed E-state index contributed by atoms with van der Waals surface area (Å²) in [5.41, 5.74) is 1.54. The summed E-state index contributed by atoms with van der Waals surface area (Å²) in [7, 11) is 0. The van der Waals surface area contributed by atoms with E-state index in [1.54, 1.807) is 4.68 Å². The Labute approximate surface area is 157 Å². The second-order valence-electron chi connectivity index (χ2n) is 5.68. The Morgan fingerprint density at radius 2 is 1.81 bits per heavy atom. The zero-order chi connectivity index (χ0) is 18.9. The van der Waals surface area contributed by atoms with Crippen LogP contribution < -0.4 is 14.8 Å². The lowest BCUT2D eigenvalue weighted by molar-refractivity contribution is -0.116. The van der Waals surface area contributed by atoms with Gasteiger partial charge in [-0.2, -0.15) is 0 Å². The second-order valence-corrected chi connectivity index (χ2v) is 5.68. The Morgan fingerprint density at radius 1 is 1.07 bits per heavy atom. The number of para-hydroxylation sites is 2. The summed E-state index contributed by atoms with van der Waals surface area (Å²) in [5.74, 6) is 1.34. The van der Waals surface area contributed by atoms with Gasteiger partial charge in [-0.1, -0.05) is 12.1 Å². The first-order chi connectivity index (χ1) is 13.3. The number of rotatable bonds is 9. The van der Waals surface area contributed by atoms with Crippen LogP contribution in [0.25, 0.3) is 5.69 Å². The van der Waals surface area contributed by atoms with Gasteiger partial charge >= 0.3 is 0 Å². The number of hydrogen-bond donors (Lipinski definition) is 1. The van der Waals surface area contributed by atoms with Crippen molar-refractivity contribution in [3.8, 4) is 17.2 Å². The maximum atomic E-state index is 12.1. The van der Waals surface area contributed by atoms with Crippen molar-refractivity contribution in [2.45, 2.75) is 19.8 Å². The van der Waals surface area contributed by atoms with Gasteiger partial charge in [-0.25, -0.2) is 4.68 Å². The van der Waals surface area contributed by atoms with Gasteiger partial charge < -0.3 is 14.8 Å². The van der Waals surface area contributed by atoms with E-state index in [0.29, 0.717) is 37.6 Å². The van der Waals surface area contributed by atoms with E-state index in [-0.39, 0.29) is 5.91 Å². The highest BCUT2D eigenvalue weighted by Crippen LogP contribution is 2.26. The van der Waals surface area contributed by atoms with Gasteiger partial charge in [-0.05, 0) is 60.2 Å². The van der Waals surface area contributed by atoms with E-state index >= 15 is 0 Å². The van der Waals surface area contributed by atoms with Gasteiger partial charge in [0.2, 0.25) is 5.91 Å². The summed E-state index contributed by atoms with van der Waals surface area (Å²) in [6.45, 7) is 2.95. The molecule has 0 unspecified atom stereocenters. The van der Waals surface area contributed by atoms with Crippen LogP contribution in [0.15, 0.2) is 54.9 Å². The van der Waals surface area contributed by atoms with Gasteiger partial charge in [0.25, 0.3) is 0 Å². The molecular formula is C19H21N5O3. The monoisotopic (exact) mass is 367 g/mol. The van der Waals surface area contributed by atoms with Crippen LogP contribution in [0.4, 0.5) is 5.69 Å². The molecule has 1 N–H and O–H groups in total. The summed E-state index contributed by atoms with van der Waals surface area (Å²) in [6.07, 6.45) is 2.48. The molecule has 140 valence electrons. The van der Waals surface area contributed by atoms with Crippen LogP contribution in [0.5, 0.6) is 11.5 Å². The molecule has 8 heteroatoms. The predicted octanol–water partition coefficient (Wildman–Crippen LogP) is 2.86. The third-order valence-corrected chi connectivity index (χ3v) is 3.72. The standard InChI is InChI=1S/C19H21N5O3/c1-2-26-17-6-3-4-7-18(17)27-13-5-8-19(25)21-15-9-11-16(12-10-15)24-14-20-22-23-24/h3-4,6-7,9-12,14H,2,5,8,13H2,1H3,(H,21,25). The Morgan fingerprint density at radius 3 is 2.48 bits per heavy atom. The van der Waals surface area contributed by atoms with Crippen molar-refractivity contribution in [1.82, 2.24) is 20.2 Å². The van der Waals surface area contributed by atoms with Gasteiger partial charge in [0.15, 0.2) is 11.5 Å². The first-order valence-corrected chi connectivity index (χ1v) is 8.74. The summed E-state index contributed by atoms with van der Waals surface area (Å²) < 4.78 is 12.8. The van der Waals surface area contributed by atoms with Crippen molar-refractivity contribution in [2.75, 3.05) is 18.5 Å². The smallest absolute Gasteiger partial charge is 0.224 e. The molecule has 2 aromatic carbocycles. The fourth-order valence-corrected chi connectivity index (χ4v) is 2.46. The molecule has 1 heterocycles. The van der Waals surface area contributed by atoms with Crippen molar-refractivity contribution < 1.29 is 14.3 Å². The van der Waals surface area contributed by atoms with Gasteiger partial charge in [0.1, 0.15) is 6.33 Å². The normalized spacial score (nSPS) is 10.4. The van der Waals surface area contributed by atoms with Crippen LogP contribution in [0.1, 0.15) is 19.8 Å². The lowest BCUT2D eigenvalue weighted by Crippen LogP contribution is -2.13. The lowest BCUT2D eigenvalue weighted by atomic mass is 10.2. The molecule has 1 aromatic heterocycles. The highest BCUT2D eigenvalue weighted by atomic mass is 16.5. The Balaban J connectivity index is 1.42. The molecule has 27 heavy (non-hydrogen) atoms. The number of ether oxygens (including phenoxy) is 2. The predicted molar refractivity (Wildman–Crippen MR) is 100 cm³/mol. The number of anilines is 1. The number of hydrogen-bond acceptors (Lipinski definition) is 6. The first-order valence-electron chi connectivity index (χ1n) is 8.74. The average molecular weight is 367 g/mol. The molecule has 0 fully saturated rings. The molecule has 0 aliphatic rings. The van der Waals surface area contributed by atoms with Gasteiger partial charge in [-0.15, -0.1) is 5.10 Å². The number of amides is 1. The minimum absolute atomic E-state index is 0.0631. The SMILES string of the molecule is CCOc1ccccc1OCCCC(=O)Nc1ccc(-n2cnnn2)cc1. The van der Waals surface area contributed by atoms with Crippen molar-refractivity contribution >= 4 is 11.6 Å². The highest BCUT2D eigenvalue weighted by Gasteiger charge is 2.06. The van der Waals surface area contributed by atoms with E-state index < -0.39 is 0 Å². The number of aromatic nitrogens is 4. The minimum Gasteiger partial charge on any atom is -0.490 e. The van der Waals surface area contributed by atoms with Gasteiger partial charge in [-0.3, -0.25) is 4.79 Å². The van der Waals surface area contributed by atoms with E-state index in [2.05, 4.69) is 20.8 Å². The van der Waals surface area contributed by atoms with Crippen LogP contribution >= 0.6 is 0 Å². The summed E-state index contributed by atoms with van der Waals surface area (Å²) in [4.78, 5) is 12.1. The molecule has 0 saturated carbocycles.